The Kier molecular flexibility index (Phi) is 22.1. The second-order valence-corrected chi connectivity index (χ2v) is 34.6. The zero-order valence-electron chi connectivity index (χ0n) is 71.9. The van der Waals surface area contributed by atoms with E-state index in [0.29, 0.717) is 34.9 Å². The monoisotopic (exact) mass is 1730 g/mol. The molecule has 0 aliphatic carbocycles. The summed E-state index contributed by atoms with van der Waals surface area (Å²) >= 11 is 3.58. The molecule has 0 saturated carbocycles. The molecule has 0 radical (unpaired) electrons. The van der Waals surface area contributed by atoms with Crippen molar-refractivity contribution < 1.29 is 9.31 Å². The Labute approximate surface area is 763 Å². The molecule has 4 aromatic heterocycles. The molecule has 5 heterocycles. The molecular formula is C118H84BBrN8O2. The fourth-order valence-electron chi connectivity index (χ4n) is 17.1. The number of hydrogen-bond donors (Lipinski definition) is 0. The summed E-state index contributed by atoms with van der Waals surface area (Å²) in [6.07, 6.45) is 0. The van der Waals surface area contributed by atoms with Crippen molar-refractivity contribution in [3.63, 3.8) is 0 Å². The molecule has 0 N–H and O–H groups in total. The number of fused-ring (bicyclic) bond motifs is 8. The van der Waals surface area contributed by atoms with E-state index in [2.05, 4.69) is 395 Å². The van der Waals surface area contributed by atoms with E-state index in [9.17, 15) is 0 Å². The molecule has 618 valence electrons. The SMILES string of the molecule is Brc1cccc(-c2ccc(-c3cccc(-c4nc(-c5ccccc5)nc(-c5ccc(-c6ccccc6)cc5)n4)c3)cc2)c1.CC1(C)OB(c2nc3ccccc3c3cc4ccccc4cc23)OC1(C)C.c1ccc(-c2ccc(-c3nc(-c4ccccc4)nc(-c4cccc(-c5ccc(-c6cccc(-c7nc8ccccc8c8cc9ccccc9cc78)c6)cc5)c4)n3)cc2)cc1. The molecule has 0 atom stereocenters. The van der Waals surface area contributed by atoms with E-state index < -0.39 is 18.3 Å². The molecule has 0 spiro atoms. The predicted octanol–water partition coefficient (Wildman–Crippen LogP) is 29.9. The number of pyridine rings is 2. The first-order valence-electron chi connectivity index (χ1n) is 43.8. The first-order valence-corrected chi connectivity index (χ1v) is 44.6. The minimum absolute atomic E-state index is 0.395. The van der Waals surface area contributed by atoms with Gasteiger partial charge in [-0.15, -0.1) is 0 Å². The van der Waals surface area contributed by atoms with Crippen LogP contribution >= 0.6 is 15.9 Å². The molecule has 1 aliphatic rings. The first-order chi connectivity index (χ1) is 63.7. The number of para-hydroxylation sites is 2. The van der Waals surface area contributed by atoms with Crippen LogP contribution in [-0.2, 0) is 9.31 Å². The van der Waals surface area contributed by atoms with Crippen molar-refractivity contribution in [2.45, 2.75) is 38.9 Å². The molecule has 1 fully saturated rings. The second kappa shape index (κ2) is 35.3. The molecule has 1 saturated heterocycles. The van der Waals surface area contributed by atoms with Gasteiger partial charge in [-0.05, 0) is 194 Å². The lowest BCUT2D eigenvalue weighted by molar-refractivity contribution is 0.00578. The highest BCUT2D eigenvalue weighted by Crippen LogP contribution is 2.42. The number of aromatic nitrogens is 8. The van der Waals surface area contributed by atoms with Crippen LogP contribution in [0.4, 0.5) is 0 Å². The molecule has 12 heteroatoms. The summed E-state index contributed by atoms with van der Waals surface area (Å²) in [6, 6.07) is 152. The van der Waals surface area contributed by atoms with Gasteiger partial charge in [0, 0.05) is 65.0 Å². The van der Waals surface area contributed by atoms with E-state index in [1.165, 1.54) is 60.0 Å². The van der Waals surface area contributed by atoms with Crippen LogP contribution in [0.3, 0.4) is 0 Å². The maximum atomic E-state index is 6.33. The van der Waals surface area contributed by atoms with Gasteiger partial charge in [-0.2, -0.15) is 0 Å². The summed E-state index contributed by atoms with van der Waals surface area (Å²) in [5.74, 6) is 3.84. The molecule has 1 aliphatic heterocycles. The number of rotatable bonds is 14. The van der Waals surface area contributed by atoms with Crippen LogP contribution in [0.1, 0.15) is 27.7 Å². The van der Waals surface area contributed by atoms with Crippen LogP contribution in [0.2, 0.25) is 0 Å². The fourth-order valence-corrected chi connectivity index (χ4v) is 17.5. The highest BCUT2D eigenvalue weighted by molar-refractivity contribution is 9.10. The third-order valence-electron chi connectivity index (χ3n) is 24.8. The summed E-state index contributed by atoms with van der Waals surface area (Å²) in [5.41, 5.74) is 23.5. The summed E-state index contributed by atoms with van der Waals surface area (Å²) in [6.45, 7) is 8.30. The van der Waals surface area contributed by atoms with E-state index in [0.717, 1.165) is 126 Å². The molecular weight excluding hydrogens is 1650 g/mol. The maximum Gasteiger partial charge on any atom is 0.515 e. The molecule has 23 rings (SSSR count). The van der Waals surface area contributed by atoms with Gasteiger partial charge in [0.05, 0.1) is 33.5 Å². The second-order valence-electron chi connectivity index (χ2n) is 33.7. The molecule has 10 nitrogen and oxygen atoms in total. The van der Waals surface area contributed by atoms with E-state index in [-0.39, 0.29) is 0 Å². The number of nitrogens with zero attached hydrogens (tertiary/aromatic N) is 8. The lowest BCUT2D eigenvalue weighted by Gasteiger charge is -2.32. The normalized spacial score (nSPS) is 12.7. The summed E-state index contributed by atoms with van der Waals surface area (Å²) in [7, 11) is -0.483. The van der Waals surface area contributed by atoms with Crippen LogP contribution in [0.15, 0.2) is 441 Å². The van der Waals surface area contributed by atoms with Gasteiger partial charge >= 0.3 is 7.12 Å². The minimum atomic E-state index is -0.483. The van der Waals surface area contributed by atoms with Crippen LogP contribution < -0.4 is 5.59 Å². The predicted molar refractivity (Wildman–Crippen MR) is 541 cm³/mol. The number of benzene rings is 18. The van der Waals surface area contributed by atoms with Crippen molar-refractivity contribution in [2.24, 2.45) is 0 Å². The molecule has 0 amide bonds. The molecule has 130 heavy (non-hydrogen) atoms. The Morgan fingerprint density at radius 1 is 0.192 bits per heavy atom. The van der Waals surface area contributed by atoms with Crippen LogP contribution in [0.5, 0.6) is 0 Å². The quantitative estimate of drug-likeness (QED) is 0.0591. The van der Waals surface area contributed by atoms with Gasteiger partial charge in [0.25, 0.3) is 0 Å². The van der Waals surface area contributed by atoms with Crippen molar-refractivity contribution in [1.29, 1.82) is 0 Å². The molecule has 0 bridgehead atoms. The van der Waals surface area contributed by atoms with Gasteiger partial charge in [-0.3, -0.25) is 4.98 Å². The molecule has 18 aromatic carbocycles. The topological polar surface area (TPSA) is 122 Å². The van der Waals surface area contributed by atoms with Crippen LogP contribution in [0.25, 0.3) is 211 Å². The highest BCUT2D eigenvalue weighted by Gasteiger charge is 2.53. The summed E-state index contributed by atoms with van der Waals surface area (Å²) < 4.78 is 13.7. The summed E-state index contributed by atoms with van der Waals surface area (Å²) in [4.78, 5) is 40.0. The van der Waals surface area contributed by atoms with Crippen molar-refractivity contribution in [2.75, 3.05) is 0 Å². The fraction of sp³-hybridized carbons (Fsp3) is 0.0508. The maximum absolute atomic E-state index is 6.33. The largest absolute Gasteiger partial charge is 0.515 e. The lowest BCUT2D eigenvalue weighted by atomic mass is 9.79. The van der Waals surface area contributed by atoms with E-state index in [1.54, 1.807) is 0 Å². The van der Waals surface area contributed by atoms with Crippen molar-refractivity contribution in [3.8, 4) is 146 Å². The van der Waals surface area contributed by atoms with Crippen LogP contribution in [0, 0.1) is 0 Å². The minimum Gasteiger partial charge on any atom is -0.398 e. The van der Waals surface area contributed by atoms with Gasteiger partial charge in [-0.25, -0.2) is 34.9 Å². The van der Waals surface area contributed by atoms with Gasteiger partial charge in [-0.1, -0.05) is 386 Å². The third-order valence-corrected chi connectivity index (χ3v) is 25.3. The number of halogens is 1. The Hall–Kier alpha value is -15.7. The zero-order chi connectivity index (χ0) is 87.7. The smallest absolute Gasteiger partial charge is 0.398 e. The Morgan fingerprint density at radius 2 is 0.446 bits per heavy atom. The zero-order valence-corrected chi connectivity index (χ0v) is 73.5. The number of hydrogen-bond acceptors (Lipinski definition) is 10. The highest BCUT2D eigenvalue weighted by atomic mass is 79.9. The molecule has 0 unspecified atom stereocenters. The van der Waals surface area contributed by atoms with E-state index in [1.807, 2.05) is 84.9 Å². The Balaban J connectivity index is 0.000000127. The van der Waals surface area contributed by atoms with Crippen molar-refractivity contribution in [3.05, 3.63) is 441 Å². The average molecular weight is 1740 g/mol. The lowest BCUT2D eigenvalue weighted by Crippen LogP contribution is -2.41. The van der Waals surface area contributed by atoms with E-state index in [4.69, 9.17) is 49.2 Å². The van der Waals surface area contributed by atoms with Crippen molar-refractivity contribution in [1.82, 2.24) is 39.9 Å². The molecule has 22 aromatic rings. The Morgan fingerprint density at radius 3 is 0.838 bits per heavy atom. The third kappa shape index (κ3) is 16.9. The van der Waals surface area contributed by atoms with Gasteiger partial charge in [0.1, 0.15) is 0 Å². The summed E-state index contributed by atoms with van der Waals surface area (Å²) in [5, 5.41) is 11.8. The van der Waals surface area contributed by atoms with Crippen molar-refractivity contribution >= 4 is 93.5 Å². The van der Waals surface area contributed by atoms with Gasteiger partial charge < -0.3 is 9.31 Å². The first kappa shape index (κ1) is 81.4. The van der Waals surface area contributed by atoms with Crippen LogP contribution in [-0.4, -0.2) is 58.2 Å². The van der Waals surface area contributed by atoms with Gasteiger partial charge in [0.2, 0.25) is 0 Å². The van der Waals surface area contributed by atoms with Gasteiger partial charge in [0.15, 0.2) is 34.9 Å². The Bertz CT molecular complexity index is 7950. The average Bonchev–Trinajstić information content (AvgIpc) is 1.14. The standard InChI is InChI=1S/C56H36N4.C39H26BrN3.C23H22BNO2/c1-3-13-37(14-4-1)38-29-31-42(32-30-38)55-58-54(41-15-5-2-6-16-41)59-56(60-55)48-22-12-20-44(34-48)40-27-25-39(26-28-40)43-19-11-21-47(33-43)53-51-36-46-18-8-7-17-45(46)35-50(51)49-23-9-10-24-52(49)57-53;40-36-16-8-14-34(26-36)30-19-17-29(18-20-30)33-13-7-15-35(25-33)39-42-37(31-11-5-2-6-12-31)41-38(43-39)32-23-21-28(22-24-32)27-9-3-1-4-10-27;1-22(2)23(3,4)27-24(26-22)21-19-14-16-10-6-5-9-15(16)13-18(19)17-11-7-8-12-20(17)25-21/h1-36H;1-26H;5-14H,1-4H3. The van der Waals surface area contributed by atoms with E-state index >= 15 is 0 Å².